The van der Waals surface area contributed by atoms with Gasteiger partial charge in [0.2, 0.25) is 0 Å². The van der Waals surface area contributed by atoms with E-state index in [0.717, 1.165) is 24.2 Å². The second-order valence-corrected chi connectivity index (χ2v) is 4.95. The van der Waals surface area contributed by atoms with Crippen molar-refractivity contribution in [3.05, 3.63) is 29.3 Å². The Morgan fingerprint density at radius 3 is 2.67 bits per heavy atom. The molecule has 2 rings (SSSR count). The van der Waals surface area contributed by atoms with Gasteiger partial charge in [-0.2, -0.15) is 5.26 Å². The number of ether oxygens (including phenoxy) is 1. The first kappa shape index (κ1) is 12.9. The highest BCUT2D eigenvalue weighted by Crippen LogP contribution is 2.54. The zero-order valence-electron chi connectivity index (χ0n) is 11.3. The third-order valence-corrected chi connectivity index (χ3v) is 3.68. The lowest BCUT2D eigenvalue weighted by atomic mass is 9.90. The van der Waals surface area contributed by atoms with E-state index in [-0.39, 0.29) is 11.5 Å². The van der Waals surface area contributed by atoms with Gasteiger partial charge in [0.05, 0.1) is 24.1 Å². The minimum absolute atomic E-state index is 0.122. The van der Waals surface area contributed by atoms with Gasteiger partial charge in [0.15, 0.2) is 0 Å². The normalized spacial score (nSPS) is 17.9. The molecule has 1 saturated carbocycles. The molecular weight excluding hydrogens is 224 g/mol. The molecule has 3 nitrogen and oxygen atoms in total. The van der Waals surface area contributed by atoms with E-state index in [0.29, 0.717) is 6.61 Å². The molecule has 3 heteroatoms. The summed E-state index contributed by atoms with van der Waals surface area (Å²) in [6, 6.07) is 8.79. The Kier molecular flexibility index (Phi) is 3.58. The maximum Gasteiger partial charge on any atom is 0.122 e. The van der Waals surface area contributed by atoms with E-state index >= 15 is 0 Å². The number of nitrogens with zero attached hydrogens (tertiary/aromatic N) is 1. The van der Waals surface area contributed by atoms with Crippen molar-refractivity contribution in [2.75, 3.05) is 13.7 Å². The second kappa shape index (κ2) is 4.99. The average molecular weight is 244 g/mol. The Hall–Kier alpha value is -1.53. The van der Waals surface area contributed by atoms with Gasteiger partial charge >= 0.3 is 0 Å². The van der Waals surface area contributed by atoms with Crippen LogP contribution in [0, 0.1) is 23.7 Å². The molecule has 0 spiro atoms. The molecule has 1 unspecified atom stereocenters. The van der Waals surface area contributed by atoms with Crippen LogP contribution in [0.3, 0.4) is 0 Å². The van der Waals surface area contributed by atoms with E-state index in [1.54, 1.807) is 0 Å². The monoisotopic (exact) mass is 244 g/mol. The molecule has 0 aliphatic heterocycles. The van der Waals surface area contributed by atoms with Gasteiger partial charge in [-0.3, -0.25) is 0 Å². The highest BCUT2D eigenvalue weighted by Gasteiger charge is 2.50. The van der Waals surface area contributed by atoms with Gasteiger partial charge in [0.1, 0.15) is 5.75 Å². The molecule has 0 saturated heterocycles. The van der Waals surface area contributed by atoms with E-state index in [4.69, 9.17) is 4.74 Å². The summed E-state index contributed by atoms with van der Waals surface area (Å²) in [5.74, 6) is 0.929. The summed E-state index contributed by atoms with van der Waals surface area (Å²) in [5.41, 5.74) is 2.11. The number of benzene rings is 1. The minimum Gasteiger partial charge on any atom is -0.494 e. The molecule has 0 radical (unpaired) electrons. The molecule has 1 aliphatic rings. The third kappa shape index (κ3) is 2.21. The van der Waals surface area contributed by atoms with Crippen molar-refractivity contribution in [1.29, 1.82) is 5.26 Å². The molecule has 1 fully saturated rings. The standard InChI is InChI=1S/C15H20N2O/c1-4-18-13-6-5-12(9-11(13)2)14(17-3)15(10-16)7-8-15/h5-6,9,14,17H,4,7-8H2,1-3H3. The Morgan fingerprint density at radius 1 is 1.50 bits per heavy atom. The first-order valence-corrected chi connectivity index (χ1v) is 6.48. The van der Waals surface area contributed by atoms with E-state index < -0.39 is 0 Å². The second-order valence-electron chi connectivity index (χ2n) is 4.95. The van der Waals surface area contributed by atoms with Crippen LogP contribution in [0.25, 0.3) is 0 Å². The molecule has 18 heavy (non-hydrogen) atoms. The van der Waals surface area contributed by atoms with Gasteiger partial charge in [-0.1, -0.05) is 12.1 Å². The van der Waals surface area contributed by atoms with Gasteiger partial charge < -0.3 is 10.1 Å². The quantitative estimate of drug-likeness (QED) is 0.866. The van der Waals surface area contributed by atoms with Crippen LogP contribution in [0.2, 0.25) is 0 Å². The Bertz CT molecular complexity index is 472. The van der Waals surface area contributed by atoms with Gasteiger partial charge in [0.25, 0.3) is 0 Å². The lowest BCUT2D eigenvalue weighted by Gasteiger charge is -2.22. The number of hydrogen-bond donors (Lipinski definition) is 1. The van der Waals surface area contributed by atoms with Crippen molar-refractivity contribution in [1.82, 2.24) is 5.32 Å². The number of hydrogen-bond acceptors (Lipinski definition) is 3. The van der Waals surface area contributed by atoms with Crippen molar-refractivity contribution >= 4 is 0 Å². The van der Waals surface area contributed by atoms with Crippen LogP contribution in [0.15, 0.2) is 18.2 Å². The number of aryl methyl sites for hydroxylation is 1. The predicted octanol–water partition coefficient (Wildman–Crippen LogP) is 2.96. The average Bonchev–Trinajstić information content (AvgIpc) is 3.15. The maximum absolute atomic E-state index is 9.31. The summed E-state index contributed by atoms with van der Waals surface area (Å²) in [6.07, 6.45) is 1.97. The lowest BCUT2D eigenvalue weighted by Crippen LogP contribution is -2.25. The van der Waals surface area contributed by atoms with Gasteiger partial charge in [-0.25, -0.2) is 0 Å². The molecule has 1 atom stereocenters. The molecule has 1 aromatic carbocycles. The Labute approximate surface area is 109 Å². The fourth-order valence-corrected chi connectivity index (χ4v) is 2.53. The fourth-order valence-electron chi connectivity index (χ4n) is 2.53. The summed E-state index contributed by atoms with van der Waals surface area (Å²) < 4.78 is 5.55. The number of nitrogens with one attached hydrogen (secondary N) is 1. The fraction of sp³-hybridized carbons (Fsp3) is 0.533. The summed E-state index contributed by atoms with van der Waals surface area (Å²) in [4.78, 5) is 0. The molecule has 0 aromatic heterocycles. The summed E-state index contributed by atoms with van der Waals surface area (Å²) in [7, 11) is 1.92. The molecule has 1 aliphatic carbocycles. The van der Waals surface area contributed by atoms with E-state index in [2.05, 4.69) is 23.5 Å². The molecule has 1 aromatic rings. The van der Waals surface area contributed by atoms with E-state index in [9.17, 15) is 5.26 Å². The van der Waals surface area contributed by atoms with Crippen LogP contribution in [-0.4, -0.2) is 13.7 Å². The van der Waals surface area contributed by atoms with Gasteiger partial charge in [-0.05, 0) is 50.9 Å². The maximum atomic E-state index is 9.31. The van der Waals surface area contributed by atoms with Crippen molar-refractivity contribution in [3.63, 3.8) is 0 Å². The predicted molar refractivity (Wildman–Crippen MR) is 71.4 cm³/mol. The smallest absolute Gasteiger partial charge is 0.122 e. The van der Waals surface area contributed by atoms with Crippen molar-refractivity contribution in [3.8, 4) is 11.8 Å². The van der Waals surface area contributed by atoms with E-state index in [1.165, 1.54) is 5.56 Å². The highest BCUT2D eigenvalue weighted by atomic mass is 16.5. The zero-order valence-corrected chi connectivity index (χ0v) is 11.3. The van der Waals surface area contributed by atoms with Crippen LogP contribution in [0.5, 0.6) is 5.75 Å². The lowest BCUT2D eigenvalue weighted by molar-refractivity contribution is 0.337. The first-order valence-electron chi connectivity index (χ1n) is 6.48. The molecule has 96 valence electrons. The van der Waals surface area contributed by atoms with E-state index in [1.807, 2.05) is 27.0 Å². The SMILES string of the molecule is CCOc1ccc(C(NC)C2(C#N)CC2)cc1C. The highest BCUT2D eigenvalue weighted by molar-refractivity contribution is 5.39. The van der Waals surface area contributed by atoms with Crippen LogP contribution < -0.4 is 10.1 Å². The van der Waals surface area contributed by atoms with Crippen LogP contribution >= 0.6 is 0 Å². The largest absolute Gasteiger partial charge is 0.494 e. The minimum atomic E-state index is -0.200. The van der Waals surface area contributed by atoms with Gasteiger partial charge in [0, 0.05) is 0 Å². The zero-order chi connectivity index (χ0) is 13.2. The summed E-state index contributed by atoms with van der Waals surface area (Å²) in [5, 5.41) is 12.6. The third-order valence-electron chi connectivity index (χ3n) is 3.68. The molecule has 0 bridgehead atoms. The Morgan fingerprint density at radius 2 is 2.22 bits per heavy atom. The first-order chi connectivity index (χ1) is 8.66. The van der Waals surface area contributed by atoms with Crippen molar-refractivity contribution in [2.45, 2.75) is 32.7 Å². The molecule has 1 N–H and O–H groups in total. The number of nitriles is 1. The summed E-state index contributed by atoms with van der Waals surface area (Å²) >= 11 is 0. The topological polar surface area (TPSA) is 45.0 Å². The van der Waals surface area contributed by atoms with Crippen LogP contribution in [0.4, 0.5) is 0 Å². The van der Waals surface area contributed by atoms with Gasteiger partial charge in [-0.15, -0.1) is 0 Å². The molecule has 0 heterocycles. The van der Waals surface area contributed by atoms with Crippen molar-refractivity contribution in [2.24, 2.45) is 5.41 Å². The van der Waals surface area contributed by atoms with Crippen LogP contribution in [-0.2, 0) is 0 Å². The number of rotatable bonds is 5. The Balaban J connectivity index is 2.28. The summed E-state index contributed by atoms with van der Waals surface area (Å²) in [6.45, 7) is 4.71. The van der Waals surface area contributed by atoms with Crippen LogP contribution in [0.1, 0.15) is 36.9 Å². The molecule has 0 amide bonds. The van der Waals surface area contributed by atoms with Crippen molar-refractivity contribution < 1.29 is 4.74 Å². The molecular formula is C15H20N2O.